The van der Waals surface area contributed by atoms with Gasteiger partial charge in [0.2, 0.25) is 0 Å². The summed E-state index contributed by atoms with van der Waals surface area (Å²) in [5, 5.41) is 10.2. The Bertz CT molecular complexity index is 436. The van der Waals surface area contributed by atoms with Crippen molar-refractivity contribution in [3.8, 4) is 5.75 Å². The topological polar surface area (TPSA) is 20.2 Å². The van der Waals surface area contributed by atoms with Gasteiger partial charge in [-0.1, -0.05) is 33.8 Å². The van der Waals surface area contributed by atoms with Gasteiger partial charge in [-0.2, -0.15) is 25.3 Å². The van der Waals surface area contributed by atoms with Crippen LogP contribution in [0.3, 0.4) is 0 Å². The van der Waals surface area contributed by atoms with Gasteiger partial charge in [-0.3, -0.25) is 0 Å². The van der Waals surface area contributed by atoms with Crippen LogP contribution in [-0.2, 0) is 10.8 Å². The number of thiol groups is 2. The van der Waals surface area contributed by atoms with Crippen LogP contribution in [0.2, 0.25) is 0 Å². The summed E-state index contributed by atoms with van der Waals surface area (Å²) in [7, 11) is 0. The van der Waals surface area contributed by atoms with Crippen molar-refractivity contribution in [1.82, 2.24) is 0 Å². The summed E-state index contributed by atoms with van der Waals surface area (Å²) in [6, 6.07) is 3.81. The van der Waals surface area contributed by atoms with Crippen LogP contribution < -0.4 is 0 Å². The van der Waals surface area contributed by atoms with Crippen LogP contribution in [0.5, 0.6) is 5.75 Å². The number of hydrogen-bond acceptors (Lipinski definition) is 3. The second-order valence-corrected chi connectivity index (χ2v) is 6.85. The molecular weight excluding hydrogens is 260 g/mol. The Hall–Kier alpha value is -0.280. The van der Waals surface area contributed by atoms with E-state index in [4.69, 9.17) is 0 Å². The molecule has 0 bridgehead atoms. The van der Waals surface area contributed by atoms with Crippen LogP contribution >= 0.6 is 25.3 Å². The molecule has 0 fully saturated rings. The minimum atomic E-state index is -0.139. The SMILES string of the molecule is Cc1c(C(C)(C)CS)ccc(O)c1C(C)(C)CS. The van der Waals surface area contributed by atoms with Gasteiger partial charge >= 0.3 is 0 Å². The molecule has 1 nitrogen and oxygen atoms in total. The van der Waals surface area contributed by atoms with Gasteiger partial charge in [-0.15, -0.1) is 0 Å². The third-order valence-corrected chi connectivity index (χ3v) is 5.22. The lowest BCUT2D eigenvalue weighted by Crippen LogP contribution is -2.26. The minimum absolute atomic E-state index is 0.00230. The number of aromatic hydroxyl groups is 1. The highest BCUT2D eigenvalue weighted by atomic mass is 32.1. The van der Waals surface area contributed by atoms with Crippen LogP contribution in [0.1, 0.15) is 44.4 Å². The Morgan fingerprint density at radius 1 is 1.00 bits per heavy atom. The van der Waals surface area contributed by atoms with Gasteiger partial charge in [0, 0.05) is 11.0 Å². The van der Waals surface area contributed by atoms with E-state index in [1.54, 1.807) is 6.07 Å². The van der Waals surface area contributed by atoms with E-state index in [1.165, 1.54) is 5.56 Å². The third kappa shape index (κ3) is 2.83. The summed E-state index contributed by atoms with van der Waals surface area (Å²) in [5.41, 5.74) is 3.28. The molecule has 0 radical (unpaired) electrons. The van der Waals surface area contributed by atoms with Crippen molar-refractivity contribution in [3.63, 3.8) is 0 Å². The standard InChI is InChI=1S/C15H24OS2/c1-10-11(14(2,3)8-17)6-7-12(16)13(10)15(4,5)9-18/h6-7,16-18H,8-9H2,1-5H3. The van der Waals surface area contributed by atoms with E-state index >= 15 is 0 Å². The van der Waals surface area contributed by atoms with Gasteiger partial charge in [0.15, 0.2) is 0 Å². The first kappa shape index (κ1) is 15.8. The fourth-order valence-corrected chi connectivity index (χ4v) is 2.78. The molecule has 1 aromatic rings. The van der Waals surface area contributed by atoms with Gasteiger partial charge in [0.05, 0.1) is 0 Å². The Labute approximate surface area is 122 Å². The zero-order chi connectivity index (χ0) is 14.1. The van der Waals surface area contributed by atoms with E-state index in [9.17, 15) is 5.11 Å². The van der Waals surface area contributed by atoms with Crippen LogP contribution in [-0.4, -0.2) is 16.6 Å². The zero-order valence-corrected chi connectivity index (χ0v) is 13.7. The molecule has 0 amide bonds. The molecule has 0 saturated carbocycles. The lowest BCUT2D eigenvalue weighted by molar-refractivity contribution is 0.445. The van der Waals surface area contributed by atoms with Crippen molar-refractivity contribution < 1.29 is 5.11 Å². The molecule has 0 atom stereocenters. The second-order valence-electron chi connectivity index (χ2n) is 6.22. The van der Waals surface area contributed by atoms with Crippen molar-refractivity contribution in [2.45, 2.75) is 45.4 Å². The van der Waals surface area contributed by atoms with Crippen molar-refractivity contribution in [1.29, 1.82) is 0 Å². The quantitative estimate of drug-likeness (QED) is 0.711. The molecule has 1 N–H and O–H groups in total. The van der Waals surface area contributed by atoms with Gasteiger partial charge in [-0.05, 0) is 41.0 Å². The van der Waals surface area contributed by atoms with Crippen molar-refractivity contribution in [3.05, 3.63) is 28.8 Å². The maximum atomic E-state index is 10.2. The minimum Gasteiger partial charge on any atom is -0.508 e. The average molecular weight is 284 g/mol. The Balaban J connectivity index is 3.51. The number of phenolic OH excluding ortho intramolecular Hbond substituents is 1. The van der Waals surface area contributed by atoms with Crippen molar-refractivity contribution in [2.75, 3.05) is 11.5 Å². The van der Waals surface area contributed by atoms with E-state index in [0.29, 0.717) is 11.5 Å². The lowest BCUT2D eigenvalue weighted by atomic mass is 9.76. The molecule has 0 aliphatic rings. The van der Waals surface area contributed by atoms with E-state index in [-0.39, 0.29) is 10.8 Å². The molecule has 0 aliphatic carbocycles. The fourth-order valence-electron chi connectivity index (χ4n) is 2.45. The number of benzene rings is 1. The Kier molecular flexibility index (Phi) is 4.71. The van der Waals surface area contributed by atoms with Crippen LogP contribution in [0.25, 0.3) is 0 Å². The lowest BCUT2D eigenvalue weighted by Gasteiger charge is -2.31. The van der Waals surface area contributed by atoms with Gasteiger partial charge in [0.25, 0.3) is 0 Å². The summed E-state index contributed by atoms with van der Waals surface area (Å²) in [6.45, 7) is 10.7. The highest BCUT2D eigenvalue weighted by Gasteiger charge is 2.29. The average Bonchev–Trinajstić information content (AvgIpc) is 2.28. The summed E-state index contributed by atoms with van der Waals surface area (Å²) in [5.74, 6) is 1.84. The van der Waals surface area contributed by atoms with Crippen LogP contribution in [0.4, 0.5) is 0 Å². The molecule has 3 heteroatoms. The first-order valence-electron chi connectivity index (χ1n) is 6.22. The molecule has 0 unspecified atom stereocenters. The molecular formula is C15H24OS2. The highest BCUT2D eigenvalue weighted by molar-refractivity contribution is 7.80. The van der Waals surface area contributed by atoms with E-state index in [0.717, 1.165) is 16.9 Å². The third-order valence-electron chi connectivity index (χ3n) is 3.64. The summed E-state index contributed by atoms with van der Waals surface area (Å²) in [4.78, 5) is 0. The first-order valence-corrected chi connectivity index (χ1v) is 7.49. The summed E-state index contributed by atoms with van der Waals surface area (Å²) >= 11 is 8.85. The van der Waals surface area contributed by atoms with Gasteiger partial charge < -0.3 is 5.11 Å². The predicted octanol–water partition coefficient (Wildman–Crippen LogP) is 4.12. The fraction of sp³-hybridized carbons (Fsp3) is 0.600. The normalized spacial score (nSPS) is 12.8. The summed E-state index contributed by atoms with van der Waals surface area (Å²) < 4.78 is 0. The monoisotopic (exact) mass is 284 g/mol. The maximum absolute atomic E-state index is 10.2. The Morgan fingerprint density at radius 2 is 1.50 bits per heavy atom. The molecule has 102 valence electrons. The molecule has 0 aliphatic heterocycles. The second kappa shape index (κ2) is 5.38. The van der Waals surface area contributed by atoms with E-state index < -0.39 is 0 Å². The molecule has 18 heavy (non-hydrogen) atoms. The smallest absolute Gasteiger partial charge is 0.119 e. The van der Waals surface area contributed by atoms with Crippen molar-refractivity contribution in [2.24, 2.45) is 0 Å². The molecule has 0 heterocycles. The van der Waals surface area contributed by atoms with Crippen LogP contribution in [0, 0.1) is 6.92 Å². The predicted molar refractivity (Wildman–Crippen MR) is 86.6 cm³/mol. The van der Waals surface area contributed by atoms with E-state index in [2.05, 4.69) is 59.9 Å². The van der Waals surface area contributed by atoms with Crippen molar-refractivity contribution >= 4 is 25.3 Å². The summed E-state index contributed by atoms with van der Waals surface area (Å²) in [6.07, 6.45) is 0. The van der Waals surface area contributed by atoms with E-state index in [1.807, 2.05) is 6.07 Å². The van der Waals surface area contributed by atoms with Gasteiger partial charge in [-0.25, -0.2) is 0 Å². The number of hydrogen-bond donors (Lipinski definition) is 3. The molecule has 1 aromatic carbocycles. The molecule has 0 aromatic heterocycles. The zero-order valence-electron chi connectivity index (χ0n) is 11.9. The highest BCUT2D eigenvalue weighted by Crippen LogP contribution is 2.39. The number of rotatable bonds is 4. The number of phenols is 1. The van der Waals surface area contributed by atoms with Gasteiger partial charge in [0.1, 0.15) is 5.75 Å². The largest absolute Gasteiger partial charge is 0.508 e. The molecule has 0 spiro atoms. The first-order chi connectivity index (χ1) is 8.17. The maximum Gasteiger partial charge on any atom is 0.119 e. The Morgan fingerprint density at radius 3 is 1.94 bits per heavy atom. The van der Waals surface area contributed by atoms with Crippen LogP contribution in [0.15, 0.2) is 12.1 Å². The molecule has 0 saturated heterocycles. The molecule has 1 rings (SSSR count).